The molecule has 6 rings (SSSR count). The van der Waals surface area contributed by atoms with Crippen LogP contribution in [0.4, 0.5) is 22.0 Å². The first kappa shape index (κ1) is 26.0. The van der Waals surface area contributed by atoms with E-state index in [0.717, 1.165) is 23.9 Å². The molecule has 206 valence electrons. The van der Waals surface area contributed by atoms with Crippen molar-refractivity contribution in [2.75, 3.05) is 13.1 Å². The van der Waals surface area contributed by atoms with Crippen LogP contribution in [0.2, 0.25) is 0 Å². The Bertz CT molecular complexity index is 1560. The summed E-state index contributed by atoms with van der Waals surface area (Å²) in [5, 5.41) is 3.79. The van der Waals surface area contributed by atoms with Crippen molar-refractivity contribution in [2.24, 2.45) is 5.41 Å². The van der Waals surface area contributed by atoms with Crippen LogP contribution in [0, 0.1) is 17.0 Å². The molecule has 11 heteroatoms. The quantitative estimate of drug-likeness (QED) is 0.263. The van der Waals surface area contributed by atoms with Gasteiger partial charge in [-0.25, -0.2) is 8.78 Å². The summed E-state index contributed by atoms with van der Waals surface area (Å²) < 4.78 is 75.7. The average molecular weight is 555 g/mol. The maximum absolute atomic E-state index is 14.6. The Morgan fingerprint density at radius 1 is 1.00 bits per heavy atom. The number of carbonyl (C=O) groups excluding carboxylic acids is 1. The third kappa shape index (κ3) is 4.91. The molecule has 1 aliphatic carbocycles. The molecule has 0 atom stereocenters. The second kappa shape index (κ2) is 9.72. The van der Waals surface area contributed by atoms with E-state index in [2.05, 4.69) is 10.1 Å². The molecule has 2 fully saturated rings. The molecular formula is C29H23F5N4O2. The number of halogens is 5. The summed E-state index contributed by atoms with van der Waals surface area (Å²) in [6.07, 6.45) is -1.43. The van der Waals surface area contributed by atoms with Gasteiger partial charge in [0.25, 0.3) is 5.91 Å². The van der Waals surface area contributed by atoms with Gasteiger partial charge in [-0.2, -0.15) is 18.3 Å². The molecule has 1 saturated carbocycles. The molecule has 6 nitrogen and oxygen atoms in total. The fraction of sp³-hybridized carbons (Fsp3) is 0.276. The number of nitrogens with zero attached hydrogens (tertiary/aromatic N) is 4. The van der Waals surface area contributed by atoms with E-state index in [9.17, 15) is 26.7 Å². The Labute approximate surface area is 226 Å². The lowest BCUT2D eigenvalue weighted by atomic mass is 9.60. The minimum atomic E-state index is -4.66. The second-order valence-electron chi connectivity index (χ2n) is 10.4. The van der Waals surface area contributed by atoms with E-state index in [4.69, 9.17) is 4.74 Å². The van der Waals surface area contributed by atoms with E-state index in [1.807, 2.05) is 30.3 Å². The Morgan fingerprint density at radius 3 is 2.45 bits per heavy atom. The molecule has 3 heterocycles. The summed E-state index contributed by atoms with van der Waals surface area (Å²) in [7, 11) is 0. The maximum Gasteiger partial charge on any atom is 0.435 e. The molecule has 2 aromatic heterocycles. The topological polar surface area (TPSA) is 60.2 Å². The number of alkyl halides is 3. The smallest absolute Gasteiger partial charge is 0.435 e. The van der Waals surface area contributed by atoms with Crippen LogP contribution in [0.5, 0.6) is 5.75 Å². The fourth-order valence-corrected chi connectivity index (χ4v) is 5.53. The highest BCUT2D eigenvalue weighted by Gasteiger charge is 2.55. The van der Waals surface area contributed by atoms with Gasteiger partial charge in [0, 0.05) is 30.3 Å². The summed E-state index contributed by atoms with van der Waals surface area (Å²) in [6, 6.07) is 15.1. The molecule has 0 radical (unpaired) electrons. The van der Waals surface area contributed by atoms with Crippen molar-refractivity contribution in [3.05, 3.63) is 102 Å². The van der Waals surface area contributed by atoms with E-state index >= 15 is 0 Å². The summed E-state index contributed by atoms with van der Waals surface area (Å²) in [4.78, 5) is 18.4. The number of likely N-dealkylation sites (tertiary alicyclic amines) is 1. The van der Waals surface area contributed by atoms with Crippen LogP contribution >= 0.6 is 0 Å². The number of rotatable bonds is 6. The first-order chi connectivity index (χ1) is 19.1. The van der Waals surface area contributed by atoms with Crippen LogP contribution < -0.4 is 4.74 Å². The third-order valence-electron chi connectivity index (χ3n) is 7.47. The fourth-order valence-electron chi connectivity index (χ4n) is 5.53. The zero-order valence-corrected chi connectivity index (χ0v) is 21.0. The number of aromatic nitrogens is 3. The monoisotopic (exact) mass is 554 g/mol. The SMILES string of the molecule is O=C(c1cc(OCc2ccccc2)ccc1F)N1CC2(CC(n3nc(C(F)(F)F)cc3-c3cncc(F)c3)C2)C1. The summed E-state index contributed by atoms with van der Waals surface area (Å²) in [5.74, 6) is -1.43. The van der Waals surface area contributed by atoms with Gasteiger partial charge in [-0.1, -0.05) is 30.3 Å². The lowest BCUT2D eigenvalue weighted by Crippen LogP contribution is -2.64. The summed E-state index contributed by atoms with van der Waals surface area (Å²) in [5.41, 5.74) is -0.206. The van der Waals surface area contributed by atoms with E-state index in [-0.39, 0.29) is 34.9 Å². The highest BCUT2D eigenvalue weighted by atomic mass is 19.4. The van der Waals surface area contributed by atoms with Gasteiger partial charge in [0.15, 0.2) is 5.69 Å². The zero-order chi connectivity index (χ0) is 28.1. The Morgan fingerprint density at radius 2 is 1.75 bits per heavy atom. The van der Waals surface area contributed by atoms with Crippen LogP contribution in [0.3, 0.4) is 0 Å². The number of carbonyl (C=O) groups is 1. The van der Waals surface area contributed by atoms with Crippen LogP contribution in [-0.4, -0.2) is 38.7 Å². The van der Waals surface area contributed by atoms with Gasteiger partial charge in [-0.3, -0.25) is 14.5 Å². The third-order valence-corrected chi connectivity index (χ3v) is 7.47. The predicted octanol–water partition coefficient (Wildman–Crippen LogP) is 6.30. The minimum Gasteiger partial charge on any atom is -0.489 e. The number of benzene rings is 2. The summed E-state index contributed by atoms with van der Waals surface area (Å²) >= 11 is 0. The molecule has 0 N–H and O–H groups in total. The maximum atomic E-state index is 14.6. The summed E-state index contributed by atoms with van der Waals surface area (Å²) in [6.45, 7) is 0.966. The van der Waals surface area contributed by atoms with E-state index < -0.39 is 29.4 Å². The van der Waals surface area contributed by atoms with Crippen LogP contribution in [0.25, 0.3) is 11.3 Å². The van der Waals surface area contributed by atoms with Crippen molar-refractivity contribution in [3.8, 4) is 17.0 Å². The van der Waals surface area contributed by atoms with E-state index in [1.165, 1.54) is 34.0 Å². The molecule has 0 unspecified atom stereocenters. The number of pyridine rings is 1. The molecule has 40 heavy (non-hydrogen) atoms. The standard InChI is InChI=1S/C29H23F5N4O2/c30-20-8-19(13-35-14-20)25-10-26(29(32,33)34)36-38(25)21-11-28(12-21)16-37(17-28)27(39)23-9-22(6-7-24(23)31)40-15-18-4-2-1-3-5-18/h1-10,13-14,21H,11-12,15-17H2. The highest BCUT2D eigenvalue weighted by molar-refractivity contribution is 5.95. The van der Waals surface area contributed by atoms with Crippen LogP contribution in [0.15, 0.2) is 73.1 Å². The minimum absolute atomic E-state index is 0.0981. The molecular weight excluding hydrogens is 531 g/mol. The van der Waals surface area contributed by atoms with Crippen molar-refractivity contribution < 1.29 is 31.5 Å². The van der Waals surface area contributed by atoms with Crippen molar-refractivity contribution in [3.63, 3.8) is 0 Å². The number of hydrogen-bond acceptors (Lipinski definition) is 4. The van der Waals surface area contributed by atoms with Crippen molar-refractivity contribution in [1.82, 2.24) is 19.7 Å². The highest BCUT2D eigenvalue weighted by Crippen LogP contribution is 2.55. The van der Waals surface area contributed by atoms with E-state index in [0.29, 0.717) is 31.7 Å². The van der Waals surface area contributed by atoms with Crippen LogP contribution in [0.1, 0.15) is 40.5 Å². The van der Waals surface area contributed by atoms with Gasteiger partial charge >= 0.3 is 6.18 Å². The number of hydrogen-bond donors (Lipinski definition) is 0. The molecule has 2 aromatic carbocycles. The molecule has 1 spiro atoms. The largest absolute Gasteiger partial charge is 0.489 e. The van der Waals surface area contributed by atoms with Gasteiger partial charge in [-0.05, 0) is 48.7 Å². The van der Waals surface area contributed by atoms with Gasteiger partial charge in [0.2, 0.25) is 0 Å². The Balaban J connectivity index is 1.13. The normalized spacial score (nSPS) is 16.5. The molecule has 1 amide bonds. The lowest BCUT2D eigenvalue weighted by Gasteiger charge is -2.59. The molecule has 0 bridgehead atoms. The predicted molar refractivity (Wildman–Crippen MR) is 134 cm³/mol. The van der Waals surface area contributed by atoms with Crippen LogP contribution in [-0.2, 0) is 12.8 Å². The Hall–Kier alpha value is -4.28. The lowest BCUT2D eigenvalue weighted by molar-refractivity contribution is -0.142. The molecule has 1 aliphatic heterocycles. The van der Waals surface area contributed by atoms with Gasteiger partial charge in [-0.15, -0.1) is 0 Å². The molecule has 4 aromatic rings. The Kier molecular flexibility index (Phi) is 6.31. The number of ether oxygens (including phenoxy) is 1. The van der Waals surface area contributed by atoms with Gasteiger partial charge in [0.1, 0.15) is 24.0 Å². The van der Waals surface area contributed by atoms with Crippen molar-refractivity contribution >= 4 is 5.91 Å². The van der Waals surface area contributed by atoms with Crippen molar-refractivity contribution in [2.45, 2.75) is 31.7 Å². The first-order valence-corrected chi connectivity index (χ1v) is 12.6. The number of amides is 1. The van der Waals surface area contributed by atoms with E-state index in [1.54, 1.807) is 0 Å². The zero-order valence-electron chi connectivity index (χ0n) is 21.0. The van der Waals surface area contributed by atoms with Gasteiger partial charge in [0.05, 0.1) is 23.5 Å². The average Bonchev–Trinajstić information content (AvgIpc) is 3.33. The molecule has 1 saturated heterocycles. The molecule has 2 aliphatic rings. The van der Waals surface area contributed by atoms with Gasteiger partial charge < -0.3 is 9.64 Å². The second-order valence-corrected chi connectivity index (χ2v) is 10.4. The van der Waals surface area contributed by atoms with Crippen molar-refractivity contribution in [1.29, 1.82) is 0 Å². The first-order valence-electron chi connectivity index (χ1n) is 12.6.